The Balaban J connectivity index is 1.54. The van der Waals surface area contributed by atoms with Gasteiger partial charge in [0.15, 0.2) is 0 Å². The van der Waals surface area contributed by atoms with Gasteiger partial charge in [-0.05, 0) is 59.7 Å². The summed E-state index contributed by atoms with van der Waals surface area (Å²) in [6.07, 6.45) is 2.81. The van der Waals surface area contributed by atoms with Crippen LogP contribution in [0.15, 0.2) is 72.9 Å². The van der Waals surface area contributed by atoms with Crippen molar-refractivity contribution in [3.63, 3.8) is 0 Å². The number of aromatic nitrogens is 1. The van der Waals surface area contributed by atoms with Gasteiger partial charge in [0.25, 0.3) is 0 Å². The van der Waals surface area contributed by atoms with Gasteiger partial charge in [-0.3, -0.25) is 9.69 Å². The number of carbonyl (C=O) groups is 1. The number of nitrogens with one attached hydrogen (secondary N) is 1. The number of carbonyl (C=O) groups excluding carboxylic acids is 1. The van der Waals surface area contributed by atoms with Crippen molar-refractivity contribution in [2.24, 2.45) is 5.92 Å². The standard InChI is InChI=1S/C31H35Cl2N3O/c1-22(2)18-35(20-26-9-5-4-8-23(26)3)21-31(37)36(19-24-12-13-28(32)29(33)16-24)15-14-25-17-34-30-11-7-6-10-27(25)30/h4-13,16-17,22,34H,14-15,18-21H2,1-3H3. The maximum atomic E-state index is 13.8. The summed E-state index contributed by atoms with van der Waals surface area (Å²) in [5.74, 6) is 0.562. The number of rotatable bonds is 11. The van der Waals surface area contributed by atoms with Crippen LogP contribution in [-0.2, 0) is 24.3 Å². The zero-order chi connectivity index (χ0) is 26.4. The highest BCUT2D eigenvalue weighted by Crippen LogP contribution is 2.24. The summed E-state index contributed by atoms with van der Waals surface area (Å²) in [5.41, 5.74) is 5.79. The van der Waals surface area contributed by atoms with Crippen LogP contribution < -0.4 is 0 Å². The van der Waals surface area contributed by atoms with Gasteiger partial charge >= 0.3 is 0 Å². The number of hydrogen-bond acceptors (Lipinski definition) is 2. The lowest BCUT2D eigenvalue weighted by atomic mass is 10.1. The molecule has 0 unspecified atom stereocenters. The number of amides is 1. The van der Waals surface area contributed by atoms with Crippen LogP contribution in [0.2, 0.25) is 10.0 Å². The first-order valence-electron chi connectivity index (χ1n) is 12.8. The average Bonchev–Trinajstić information content (AvgIpc) is 3.28. The number of nitrogens with zero attached hydrogens (tertiary/aromatic N) is 2. The molecule has 0 saturated heterocycles. The third-order valence-electron chi connectivity index (χ3n) is 6.67. The first kappa shape index (κ1) is 27.3. The first-order chi connectivity index (χ1) is 17.8. The fourth-order valence-corrected chi connectivity index (χ4v) is 5.09. The van der Waals surface area contributed by atoms with Crippen LogP contribution in [-0.4, -0.2) is 40.3 Å². The summed E-state index contributed by atoms with van der Waals surface area (Å²) in [6.45, 7) is 9.57. The van der Waals surface area contributed by atoms with Crippen molar-refractivity contribution in [1.82, 2.24) is 14.8 Å². The molecule has 0 aliphatic carbocycles. The highest BCUT2D eigenvalue weighted by molar-refractivity contribution is 6.42. The molecule has 6 heteroatoms. The summed E-state index contributed by atoms with van der Waals surface area (Å²) >= 11 is 12.4. The summed E-state index contributed by atoms with van der Waals surface area (Å²) in [7, 11) is 0. The number of halogens is 2. The fourth-order valence-electron chi connectivity index (χ4n) is 4.77. The van der Waals surface area contributed by atoms with Gasteiger partial charge in [0.05, 0.1) is 16.6 Å². The average molecular weight is 537 g/mol. The Morgan fingerprint density at radius 1 is 0.919 bits per heavy atom. The van der Waals surface area contributed by atoms with Crippen LogP contribution in [0.25, 0.3) is 10.9 Å². The Hall–Kier alpha value is -2.79. The molecule has 4 rings (SSSR count). The van der Waals surface area contributed by atoms with Crippen molar-refractivity contribution in [2.75, 3.05) is 19.6 Å². The smallest absolute Gasteiger partial charge is 0.237 e. The number of aryl methyl sites for hydroxylation is 1. The van der Waals surface area contributed by atoms with Crippen LogP contribution in [0.4, 0.5) is 0 Å². The second kappa shape index (κ2) is 12.6. The van der Waals surface area contributed by atoms with Crippen LogP contribution in [0.1, 0.15) is 36.1 Å². The maximum Gasteiger partial charge on any atom is 0.237 e. The number of aromatic amines is 1. The number of para-hydroxylation sites is 1. The zero-order valence-electron chi connectivity index (χ0n) is 21.8. The molecule has 0 radical (unpaired) electrons. The van der Waals surface area contributed by atoms with E-state index in [0.29, 0.717) is 35.6 Å². The summed E-state index contributed by atoms with van der Waals surface area (Å²) in [4.78, 5) is 21.4. The molecular weight excluding hydrogens is 501 g/mol. The second-order valence-electron chi connectivity index (χ2n) is 10.2. The van der Waals surface area contributed by atoms with E-state index in [0.717, 1.165) is 30.6 Å². The van der Waals surface area contributed by atoms with Crippen molar-refractivity contribution >= 4 is 40.0 Å². The molecule has 0 saturated carbocycles. The lowest BCUT2D eigenvalue weighted by Gasteiger charge is -2.29. The quantitative estimate of drug-likeness (QED) is 0.215. The van der Waals surface area contributed by atoms with Gasteiger partial charge in [-0.2, -0.15) is 0 Å². The van der Waals surface area contributed by atoms with Gasteiger partial charge in [0.1, 0.15) is 0 Å². The van der Waals surface area contributed by atoms with Crippen molar-refractivity contribution in [3.05, 3.63) is 105 Å². The fraction of sp³-hybridized carbons (Fsp3) is 0.323. The molecule has 1 aromatic heterocycles. The molecule has 0 spiro atoms. The molecule has 4 aromatic rings. The van der Waals surface area contributed by atoms with Crippen molar-refractivity contribution in [3.8, 4) is 0 Å². The van der Waals surface area contributed by atoms with Crippen molar-refractivity contribution in [1.29, 1.82) is 0 Å². The van der Waals surface area contributed by atoms with Crippen LogP contribution >= 0.6 is 23.2 Å². The van der Waals surface area contributed by atoms with Crippen LogP contribution in [0, 0.1) is 12.8 Å². The van der Waals surface area contributed by atoms with Gasteiger partial charge < -0.3 is 9.88 Å². The summed E-state index contributed by atoms with van der Waals surface area (Å²) < 4.78 is 0. The molecule has 1 amide bonds. The molecule has 194 valence electrons. The Morgan fingerprint density at radius 2 is 1.68 bits per heavy atom. The minimum Gasteiger partial charge on any atom is -0.361 e. The van der Waals surface area contributed by atoms with E-state index in [1.807, 2.05) is 29.2 Å². The minimum absolute atomic E-state index is 0.111. The van der Waals surface area contributed by atoms with Crippen molar-refractivity contribution < 1.29 is 4.79 Å². The molecule has 0 bridgehead atoms. The Labute approximate surface area is 230 Å². The molecule has 4 nitrogen and oxygen atoms in total. The topological polar surface area (TPSA) is 39.3 Å². The van der Waals surface area contributed by atoms with E-state index in [4.69, 9.17) is 23.2 Å². The molecule has 0 atom stereocenters. The lowest BCUT2D eigenvalue weighted by molar-refractivity contribution is -0.133. The monoisotopic (exact) mass is 535 g/mol. The van der Waals surface area contributed by atoms with E-state index in [1.165, 1.54) is 22.1 Å². The summed E-state index contributed by atoms with van der Waals surface area (Å²) in [6, 6.07) is 22.3. The van der Waals surface area contributed by atoms with Gasteiger partial charge in [-0.25, -0.2) is 0 Å². The molecular formula is C31H35Cl2N3O. The predicted molar refractivity (Wildman–Crippen MR) is 155 cm³/mol. The molecule has 1 N–H and O–H groups in total. The van der Waals surface area contributed by atoms with Gasteiger partial charge in [-0.15, -0.1) is 0 Å². The largest absolute Gasteiger partial charge is 0.361 e. The molecule has 0 aliphatic rings. The highest BCUT2D eigenvalue weighted by Gasteiger charge is 2.20. The Bertz CT molecular complexity index is 1350. The van der Waals surface area contributed by atoms with E-state index in [-0.39, 0.29) is 5.91 Å². The van der Waals surface area contributed by atoms with E-state index >= 15 is 0 Å². The molecule has 0 aliphatic heterocycles. The third kappa shape index (κ3) is 7.38. The number of hydrogen-bond donors (Lipinski definition) is 1. The van der Waals surface area contributed by atoms with Crippen LogP contribution in [0.5, 0.6) is 0 Å². The summed E-state index contributed by atoms with van der Waals surface area (Å²) in [5, 5.41) is 2.22. The molecule has 37 heavy (non-hydrogen) atoms. The van der Waals surface area contributed by atoms with E-state index < -0.39 is 0 Å². The minimum atomic E-state index is 0.111. The molecule has 3 aromatic carbocycles. The maximum absolute atomic E-state index is 13.8. The van der Waals surface area contributed by atoms with E-state index in [9.17, 15) is 4.79 Å². The first-order valence-corrected chi connectivity index (χ1v) is 13.6. The molecule has 1 heterocycles. The number of benzene rings is 3. The number of fused-ring (bicyclic) bond motifs is 1. The lowest BCUT2D eigenvalue weighted by Crippen LogP contribution is -2.42. The van der Waals surface area contributed by atoms with Crippen LogP contribution in [0.3, 0.4) is 0 Å². The Kier molecular flexibility index (Phi) is 9.31. The normalized spacial score (nSPS) is 11.5. The van der Waals surface area contributed by atoms with E-state index in [1.54, 1.807) is 6.07 Å². The zero-order valence-corrected chi connectivity index (χ0v) is 23.3. The second-order valence-corrected chi connectivity index (χ2v) is 11.0. The van der Waals surface area contributed by atoms with Gasteiger partial charge in [0.2, 0.25) is 5.91 Å². The van der Waals surface area contributed by atoms with E-state index in [2.05, 4.69) is 73.3 Å². The molecule has 0 fully saturated rings. The van der Waals surface area contributed by atoms with Gasteiger partial charge in [-0.1, -0.05) is 85.6 Å². The van der Waals surface area contributed by atoms with Gasteiger partial charge in [0, 0.05) is 43.3 Å². The SMILES string of the molecule is Cc1ccccc1CN(CC(=O)N(CCc1c[nH]c2ccccc12)Cc1ccc(Cl)c(Cl)c1)CC(C)C. The number of H-pyrrole nitrogens is 1. The van der Waals surface area contributed by atoms with Crippen molar-refractivity contribution in [2.45, 2.75) is 40.3 Å². The predicted octanol–water partition coefficient (Wildman–Crippen LogP) is 7.51. The Morgan fingerprint density at radius 3 is 2.43 bits per heavy atom. The highest BCUT2D eigenvalue weighted by atomic mass is 35.5. The third-order valence-corrected chi connectivity index (χ3v) is 7.41.